The molecule has 0 aliphatic rings. The molecule has 0 heterocycles. The number of nitrogens with one attached hydrogen (secondary N) is 1. The standard InChI is InChI=1S/C17H17Br2NO4/c18-13-6-12(7-14(19)8-13)16(22)15(21)9-20-17(23)24-10-11-4-2-1-3-5-11/h1-8,15-16,21-22H,9-10H2,(H,20,23). The fraction of sp³-hybridized carbons (Fsp3) is 0.235. The zero-order valence-corrected chi connectivity index (χ0v) is 15.8. The molecule has 0 fully saturated rings. The zero-order valence-electron chi connectivity index (χ0n) is 12.7. The van der Waals surface area contributed by atoms with Gasteiger partial charge in [-0.05, 0) is 29.3 Å². The monoisotopic (exact) mass is 457 g/mol. The number of aliphatic hydroxyl groups is 2. The highest BCUT2D eigenvalue weighted by Gasteiger charge is 2.20. The fourth-order valence-electron chi connectivity index (χ4n) is 2.04. The third kappa shape index (κ3) is 5.90. The molecule has 2 aromatic carbocycles. The second-order valence-electron chi connectivity index (χ2n) is 5.16. The molecule has 2 aromatic rings. The summed E-state index contributed by atoms with van der Waals surface area (Å²) < 4.78 is 6.59. The molecule has 0 aliphatic carbocycles. The first-order chi connectivity index (χ1) is 11.5. The van der Waals surface area contributed by atoms with Crippen LogP contribution in [-0.2, 0) is 11.3 Å². The number of ether oxygens (including phenoxy) is 1. The molecular weight excluding hydrogens is 442 g/mol. The highest BCUT2D eigenvalue weighted by atomic mass is 79.9. The number of halogens is 2. The Labute approximate surface area is 156 Å². The normalized spacial score (nSPS) is 13.2. The van der Waals surface area contributed by atoms with E-state index in [-0.39, 0.29) is 13.2 Å². The summed E-state index contributed by atoms with van der Waals surface area (Å²) in [6.45, 7) is 0.0167. The van der Waals surface area contributed by atoms with E-state index in [0.29, 0.717) is 5.56 Å². The van der Waals surface area contributed by atoms with Crippen molar-refractivity contribution in [2.45, 2.75) is 18.8 Å². The van der Waals surface area contributed by atoms with Gasteiger partial charge < -0.3 is 20.3 Å². The maximum atomic E-state index is 11.6. The molecule has 1 amide bonds. The number of benzene rings is 2. The van der Waals surface area contributed by atoms with E-state index in [4.69, 9.17) is 4.74 Å². The van der Waals surface area contributed by atoms with Crippen molar-refractivity contribution in [3.63, 3.8) is 0 Å². The van der Waals surface area contributed by atoms with Gasteiger partial charge in [-0.25, -0.2) is 4.79 Å². The van der Waals surface area contributed by atoms with Crippen LogP contribution in [0.15, 0.2) is 57.5 Å². The number of carbonyl (C=O) groups excluding carboxylic acids is 1. The van der Waals surface area contributed by atoms with E-state index in [0.717, 1.165) is 14.5 Å². The second-order valence-corrected chi connectivity index (χ2v) is 6.99. The second kappa shape index (κ2) is 9.17. The molecule has 24 heavy (non-hydrogen) atoms. The van der Waals surface area contributed by atoms with Crippen molar-refractivity contribution >= 4 is 38.0 Å². The third-order valence-corrected chi connectivity index (χ3v) is 4.17. The molecule has 128 valence electrons. The minimum atomic E-state index is -1.16. The molecule has 0 aliphatic heterocycles. The van der Waals surface area contributed by atoms with E-state index >= 15 is 0 Å². The molecule has 2 unspecified atom stereocenters. The summed E-state index contributed by atoms with van der Waals surface area (Å²) in [5, 5.41) is 22.6. The van der Waals surface area contributed by atoms with Crippen molar-refractivity contribution in [1.29, 1.82) is 0 Å². The SMILES string of the molecule is O=C(NCC(O)C(O)c1cc(Br)cc(Br)c1)OCc1ccccc1. The Morgan fingerprint density at radius 2 is 1.71 bits per heavy atom. The van der Waals surface area contributed by atoms with Crippen LogP contribution in [0.2, 0.25) is 0 Å². The van der Waals surface area contributed by atoms with Crippen LogP contribution >= 0.6 is 31.9 Å². The van der Waals surface area contributed by atoms with Gasteiger partial charge in [-0.15, -0.1) is 0 Å². The molecule has 0 aromatic heterocycles. The molecule has 0 saturated carbocycles. The summed E-state index contributed by atoms with van der Waals surface area (Å²) in [6, 6.07) is 14.5. The number of rotatable bonds is 6. The van der Waals surface area contributed by atoms with E-state index in [1.54, 1.807) is 12.1 Å². The number of carbonyl (C=O) groups is 1. The van der Waals surface area contributed by atoms with Gasteiger partial charge in [0.1, 0.15) is 18.8 Å². The number of aliphatic hydroxyl groups excluding tert-OH is 2. The topological polar surface area (TPSA) is 78.8 Å². The number of hydrogen-bond acceptors (Lipinski definition) is 4. The van der Waals surface area contributed by atoms with Gasteiger partial charge in [-0.2, -0.15) is 0 Å². The molecule has 3 N–H and O–H groups in total. The number of hydrogen-bond donors (Lipinski definition) is 3. The first-order valence-corrected chi connectivity index (χ1v) is 8.81. The maximum Gasteiger partial charge on any atom is 0.407 e. The lowest BCUT2D eigenvalue weighted by Gasteiger charge is -2.19. The Balaban J connectivity index is 1.81. The van der Waals surface area contributed by atoms with Crippen LogP contribution in [0.5, 0.6) is 0 Å². The largest absolute Gasteiger partial charge is 0.445 e. The van der Waals surface area contributed by atoms with Gasteiger partial charge in [-0.3, -0.25) is 0 Å². The Kier molecular flexibility index (Phi) is 7.23. The number of alkyl carbamates (subject to hydrolysis) is 1. The Morgan fingerprint density at radius 3 is 2.33 bits per heavy atom. The van der Waals surface area contributed by atoms with E-state index in [1.165, 1.54) is 0 Å². The summed E-state index contributed by atoms with van der Waals surface area (Å²) in [4.78, 5) is 11.6. The molecule has 5 nitrogen and oxygen atoms in total. The highest BCUT2D eigenvalue weighted by molar-refractivity contribution is 9.11. The average molecular weight is 459 g/mol. The van der Waals surface area contributed by atoms with Gasteiger partial charge in [0.05, 0.1) is 0 Å². The zero-order chi connectivity index (χ0) is 17.5. The summed E-state index contributed by atoms with van der Waals surface area (Å²) in [5.41, 5.74) is 1.40. The summed E-state index contributed by atoms with van der Waals surface area (Å²) in [6.07, 6.45) is -2.94. The van der Waals surface area contributed by atoms with Crippen molar-refractivity contribution in [1.82, 2.24) is 5.32 Å². The van der Waals surface area contributed by atoms with Crippen LogP contribution in [0.3, 0.4) is 0 Å². The molecule has 0 radical (unpaired) electrons. The quantitative estimate of drug-likeness (QED) is 0.618. The lowest BCUT2D eigenvalue weighted by molar-refractivity contribution is 0.0183. The lowest BCUT2D eigenvalue weighted by Crippen LogP contribution is -2.35. The van der Waals surface area contributed by atoms with Gasteiger partial charge >= 0.3 is 6.09 Å². The third-order valence-electron chi connectivity index (χ3n) is 3.26. The van der Waals surface area contributed by atoms with Crippen LogP contribution in [-0.4, -0.2) is 29.0 Å². The predicted molar refractivity (Wildman–Crippen MR) is 97.4 cm³/mol. The molecule has 0 bridgehead atoms. The predicted octanol–water partition coefficient (Wildman–Crippen LogP) is 3.53. The molecule has 0 spiro atoms. The van der Waals surface area contributed by atoms with Crippen molar-refractivity contribution in [3.8, 4) is 0 Å². The van der Waals surface area contributed by atoms with Crippen LogP contribution in [0, 0.1) is 0 Å². The van der Waals surface area contributed by atoms with Gasteiger partial charge in [-0.1, -0.05) is 62.2 Å². The van der Waals surface area contributed by atoms with Crippen LogP contribution in [0.25, 0.3) is 0 Å². The van der Waals surface area contributed by atoms with Gasteiger partial charge in [0.25, 0.3) is 0 Å². The smallest absolute Gasteiger partial charge is 0.407 e. The minimum Gasteiger partial charge on any atom is -0.445 e. The van der Waals surface area contributed by atoms with E-state index < -0.39 is 18.3 Å². The van der Waals surface area contributed by atoms with E-state index in [2.05, 4.69) is 37.2 Å². The molecule has 0 saturated heterocycles. The Hall–Kier alpha value is -1.41. The summed E-state index contributed by atoms with van der Waals surface area (Å²) in [7, 11) is 0. The molecule has 7 heteroatoms. The van der Waals surface area contributed by atoms with E-state index in [1.807, 2.05) is 36.4 Å². The highest BCUT2D eigenvalue weighted by Crippen LogP contribution is 2.25. The van der Waals surface area contributed by atoms with Crippen molar-refractivity contribution in [2.24, 2.45) is 0 Å². The van der Waals surface area contributed by atoms with Crippen molar-refractivity contribution in [3.05, 3.63) is 68.6 Å². The molecule has 2 rings (SSSR count). The maximum absolute atomic E-state index is 11.6. The Bertz CT molecular complexity index is 661. The average Bonchev–Trinajstić information content (AvgIpc) is 2.57. The molecule has 2 atom stereocenters. The van der Waals surface area contributed by atoms with Crippen molar-refractivity contribution in [2.75, 3.05) is 6.54 Å². The van der Waals surface area contributed by atoms with Gasteiger partial charge in [0.2, 0.25) is 0 Å². The fourth-order valence-corrected chi connectivity index (χ4v) is 3.37. The first kappa shape index (κ1) is 18.9. The van der Waals surface area contributed by atoms with Crippen LogP contribution in [0.1, 0.15) is 17.2 Å². The lowest BCUT2D eigenvalue weighted by atomic mass is 10.0. The van der Waals surface area contributed by atoms with Gasteiger partial charge in [0.15, 0.2) is 0 Å². The van der Waals surface area contributed by atoms with Crippen molar-refractivity contribution < 1.29 is 19.7 Å². The summed E-state index contributed by atoms with van der Waals surface area (Å²) >= 11 is 6.65. The number of amides is 1. The van der Waals surface area contributed by atoms with Crippen LogP contribution < -0.4 is 5.32 Å². The first-order valence-electron chi connectivity index (χ1n) is 7.22. The van der Waals surface area contributed by atoms with Crippen LogP contribution in [0.4, 0.5) is 4.79 Å². The minimum absolute atomic E-state index is 0.126. The Morgan fingerprint density at radius 1 is 1.08 bits per heavy atom. The van der Waals surface area contributed by atoms with E-state index in [9.17, 15) is 15.0 Å². The summed E-state index contributed by atoms with van der Waals surface area (Å²) in [5.74, 6) is 0. The van der Waals surface area contributed by atoms with Gasteiger partial charge in [0, 0.05) is 15.5 Å². The molecular formula is C17H17Br2NO4.